The van der Waals surface area contributed by atoms with Gasteiger partial charge in [-0.1, -0.05) is 23.7 Å². The highest BCUT2D eigenvalue weighted by molar-refractivity contribution is 6.30. The SMILES string of the molecule is COCCNCC(=O)NCC(c1ccc(Cl)cc1)N1CCOCC1. The molecule has 1 unspecified atom stereocenters. The van der Waals surface area contributed by atoms with Crippen LogP contribution in [-0.4, -0.2) is 70.5 Å². The van der Waals surface area contributed by atoms with E-state index in [1.165, 1.54) is 0 Å². The molecule has 1 aromatic carbocycles. The fourth-order valence-electron chi connectivity index (χ4n) is 2.68. The van der Waals surface area contributed by atoms with Crippen LogP contribution in [0.4, 0.5) is 0 Å². The lowest BCUT2D eigenvalue weighted by atomic mass is 10.0. The standard InChI is InChI=1S/C17H26ClN3O3/c1-23-9-6-19-13-17(22)20-12-16(21-7-10-24-11-8-21)14-2-4-15(18)5-3-14/h2-5,16,19H,6-13H2,1H3,(H,20,22). The third-order valence-corrected chi connectivity index (χ3v) is 4.25. The minimum Gasteiger partial charge on any atom is -0.383 e. The van der Waals surface area contributed by atoms with E-state index >= 15 is 0 Å². The lowest BCUT2D eigenvalue weighted by molar-refractivity contribution is -0.120. The van der Waals surface area contributed by atoms with Crippen molar-refractivity contribution in [3.05, 3.63) is 34.9 Å². The number of methoxy groups -OCH3 is 1. The van der Waals surface area contributed by atoms with Crippen LogP contribution < -0.4 is 10.6 Å². The number of nitrogens with one attached hydrogen (secondary N) is 2. The first-order valence-corrected chi connectivity index (χ1v) is 8.62. The van der Waals surface area contributed by atoms with Crippen LogP contribution in [0.1, 0.15) is 11.6 Å². The molecule has 1 aliphatic rings. The number of ether oxygens (including phenoxy) is 2. The van der Waals surface area contributed by atoms with Crippen LogP contribution in [0.2, 0.25) is 5.02 Å². The number of nitrogens with zero attached hydrogens (tertiary/aromatic N) is 1. The Balaban J connectivity index is 1.90. The van der Waals surface area contributed by atoms with Crippen LogP contribution >= 0.6 is 11.6 Å². The molecule has 1 fully saturated rings. The summed E-state index contributed by atoms with van der Waals surface area (Å²) in [5.41, 5.74) is 1.15. The highest BCUT2D eigenvalue weighted by Crippen LogP contribution is 2.23. The Morgan fingerprint density at radius 3 is 2.71 bits per heavy atom. The molecule has 0 aliphatic carbocycles. The molecule has 1 heterocycles. The van der Waals surface area contributed by atoms with Crippen LogP contribution in [0.5, 0.6) is 0 Å². The summed E-state index contributed by atoms with van der Waals surface area (Å²) >= 11 is 5.99. The van der Waals surface area contributed by atoms with Gasteiger partial charge in [0.2, 0.25) is 5.91 Å². The van der Waals surface area contributed by atoms with E-state index in [1.54, 1.807) is 7.11 Å². The monoisotopic (exact) mass is 355 g/mol. The minimum atomic E-state index is -0.0154. The predicted octanol–water partition coefficient (Wildman–Crippen LogP) is 1.07. The molecule has 1 saturated heterocycles. The van der Waals surface area contributed by atoms with Crippen LogP contribution in [-0.2, 0) is 14.3 Å². The second-order valence-corrected chi connectivity index (χ2v) is 6.13. The smallest absolute Gasteiger partial charge is 0.234 e. The summed E-state index contributed by atoms with van der Waals surface area (Å²) in [5.74, 6) is -0.0154. The Labute approximate surface area is 148 Å². The van der Waals surface area contributed by atoms with Gasteiger partial charge in [0.1, 0.15) is 0 Å². The number of hydrogen-bond donors (Lipinski definition) is 2. The Bertz CT molecular complexity index is 492. The normalized spacial score (nSPS) is 16.8. The number of carbonyl (C=O) groups excluding carboxylic acids is 1. The van der Waals surface area contributed by atoms with Gasteiger partial charge in [0.15, 0.2) is 0 Å². The van der Waals surface area contributed by atoms with E-state index in [1.807, 2.05) is 24.3 Å². The molecule has 134 valence electrons. The number of halogens is 1. The predicted molar refractivity (Wildman–Crippen MR) is 94.3 cm³/mol. The number of benzene rings is 1. The maximum atomic E-state index is 12.0. The molecule has 2 N–H and O–H groups in total. The van der Waals surface area contributed by atoms with Crippen molar-refractivity contribution >= 4 is 17.5 Å². The molecule has 7 heteroatoms. The molecular formula is C17H26ClN3O3. The molecule has 0 spiro atoms. The first-order valence-electron chi connectivity index (χ1n) is 8.24. The Kier molecular flexibility index (Phi) is 8.49. The molecule has 0 radical (unpaired) electrons. The van der Waals surface area contributed by atoms with Gasteiger partial charge in [-0.2, -0.15) is 0 Å². The summed E-state index contributed by atoms with van der Waals surface area (Å²) in [6.07, 6.45) is 0. The van der Waals surface area contributed by atoms with E-state index in [4.69, 9.17) is 21.1 Å². The average Bonchev–Trinajstić information content (AvgIpc) is 2.61. The van der Waals surface area contributed by atoms with Crippen LogP contribution in [0.25, 0.3) is 0 Å². The first-order chi connectivity index (χ1) is 11.7. The highest BCUT2D eigenvalue weighted by Gasteiger charge is 2.23. The lowest BCUT2D eigenvalue weighted by Gasteiger charge is -2.35. The molecule has 0 bridgehead atoms. The summed E-state index contributed by atoms with van der Waals surface area (Å²) in [7, 11) is 1.64. The third-order valence-electron chi connectivity index (χ3n) is 4.00. The summed E-state index contributed by atoms with van der Waals surface area (Å²) in [6, 6.07) is 7.93. The largest absolute Gasteiger partial charge is 0.383 e. The van der Waals surface area contributed by atoms with E-state index in [9.17, 15) is 4.79 Å². The van der Waals surface area contributed by atoms with Gasteiger partial charge in [0.05, 0.1) is 32.4 Å². The van der Waals surface area contributed by atoms with Crippen molar-refractivity contribution in [2.45, 2.75) is 6.04 Å². The van der Waals surface area contributed by atoms with Gasteiger partial charge in [0.25, 0.3) is 0 Å². The second kappa shape index (κ2) is 10.6. The average molecular weight is 356 g/mol. The van der Waals surface area contributed by atoms with E-state index in [2.05, 4.69) is 15.5 Å². The summed E-state index contributed by atoms with van der Waals surface area (Å²) < 4.78 is 10.4. The van der Waals surface area contributed by atoms with Gasteiger partial charge in [-0.25, -0.2) is 0 Å². The first kappa shape index (κ1) is 19.1. The zero-order valence-electron chi connectivity index (χ0n) is 14.1. The quantitative estimate of drug-likeness (QED) is 0.649. The summed E-state index contributed by atoms with van der Waals surface area (Å²) in [5, 5.41) is 6.77. The second-order valence-electron chi connectivity index (χ2n) is 5.69. The maximum Gasteiger partial charge on any atom is 0.234 e. The van der Waals surface area contributed by atoms with Crippen molar-refractivity contribution in [3.63, 3.8) is 0 Å². The van der Waals surface area contributed by atoms with Crippen LogP contribution in [0.15, 0.2) is 24.3 Å². The van der Waals surface area contributed by atoms with Gasteiger partial charge in [0, 0.05) is 38.3 Å². The number of rotatable bonds is 9. The minimum absolute atomic E-state index is 0.0154. The molecule has 1 aliphatic heterocycles. The van der Waals surface area contributed by atoms with Crippen molar-refractivity contribution in [2.24, 2.45) is 0 Å². The van der Waals surface area contributed by atoms with Crippen LogP contribution in [0.3, 0.4) is 0 Å². The van der Waals surface area contributed by atoms with E-state index in [0.717, 1.165) is 31.9 Å². The van der Waals surface area contributed by atoms with Crippen LogP contribution in [0, 0.1) is 0 Å². The number of hydrogen-bond acceptors (Lipinski definition) is 5. The zero-order valence-corrected chi connectivity index (χ0v) is 14.8. The molecule has 1 aromatic rings. The number of morpholine rings is 1. The molecule has 1 amide bonds. The van der Waals surface area contributed by atoms with Gasteiger partial charge in [-0.05, 0) is 17.7 Å². The fraction of sp³-hybridized carbons (Fsp3) is 0.588. The van der Waals surface area contributed by atoms with Gasteiger partial charge in [-0.3, -0.25) is 9.69 Å². The third kappa shape index (κ3) is 6.37. The van der Waals surface area contributed by atoms with Crippen molar-refractivity contribution in [1.82, 2.24) is 15.5 Å². The van der Waals surface area contributed by atoms with Crippen molar-refractivity contribution in [3.8, 4) is 0 Å². The highest BCUT2D eigenvalue weighted by atomic mass is 35.5. The van der Waals surface area contributed by atoms with Gasteiger partial charge < -0.3 is 20.1 Å². The van der Waals surface area contributed by atoms with E-state index < -0.39 is 0 Å². The molecule has 24 heavy (non-hydrogen) atoms. The van der Waals surface area contributed by atoms with Crippen molar-refractivity contribution in [2.75, 3.05) is 59.7 Å². The topological polar surface area (TPSA) is 62.8 Å². The lowest BCUT2D eigenvalue weighted by Crippen LogP contribution is -2.45. The zero-order chi connectivity index (χ0) is 17.2. The molecular weight excluding hydrogens is 330 g/mol. The maximum absolute atomic E-state index is 12.0. The molecule has 0 aromatic heterocycles. The van der Waals surface area contributed by atoms with Crippen molar-refractivity contribution in [1.29, 1.82) is 0 Å². The molecule has 6 nitrogen and oxygen atoms in total. The van der Waals surface area contributed by atoms with Crippen molar-refractivity contribution < 1.29 is 14.3 Å². The fourth-order valence-corrected chi connectivity index (χ4v) is 2.81. The summed E-state index contributed by atoms with van der Waals surface area (Å²) in [6.45, 7) is 5.26. The Morgan fingerprint density at radius 2 is 2.04 bits per heavy atom. The Hall–Kier alpha value is -1.18. The molecule has 0 saturated carbocycles. The summed E-state index contributed by atoms with van der Waals surface area (Å²) in [4.78, 5) is 14.3. The molecule has 2 rings (SSSR count). The number of amides is 1. The van der Waals surface area contributed by atoms with E-state index in [-0.39, 0.29) is 11.9 Å². The van der Waals surface area contributed by atoms with E-state index in [0.29, 0.717) is 31.3 Å². The number of carbonyl (C=O) groups is 1. The van der Waals surface area contributed by atoms with Gasteiger partial charge >= 0.3 is 0 Å². The Morgan fingerprint density at radius 1 is 1.33 bits per heavy atom. The molecule has 1 atom stereocenters. The van der Waals surface area contributed by atoms with Gasteiger partial charge in [-0.15, -0.1) is 0 Å².